The van der Waals surface area contributed by atoms with Gasteiger partial charge in [0.05, 0.1) is 6.10 Å². The molecule has 1 aliphatic heterocycles. The molecule has 0 radical (unpaired) electrons. The first-order valence-corrected chi connectivity index (χ1v) is 4.48. The Morgan fingerprint density at radius 3 is 2.82 bits per heavy atom. The molecule has 64 valence electrons. The van der Waals surface area contributed by atoms with Gasteiger partial charge in [0.15, 0.2) is 0 Å². The van der Waals surface area contributed by atoms with Gasteiger partial charge in [0.2, 0.25) is 0 Å². The summed E-state index contributed by atoms with van der Waals surface area (Å²) in [7, 11) is 0. The van der Waals surface area contributed by atoms with E-state index in [-0.39, 0.29) is 6.10 Å². The standard InChI is InChI=1S/C8H16N2O/c1-5-8-6(10-9-5)3-2-4-7(8)11/h5-11H,2-4H2,1H3. The molecule has 1 heterocycles. The Hall–Kier alpha value is -0.120. The van der Waals surface area contributed by atoms with Crippen LogP contribution in [0.1, 0.15) is 26.2 Å². The highest BCUT2D eigenvalue weighted by atomic mass is 16.3. The minimum atomic E-state index is -0.0914. The minimum Gasteiger partial charge on any atom is -0.393 e. The zero-order valence-corrected chi connectivity index (χ0v) is 6.88. The summed E-state index contributed by atoms with van der Waals surface area (Å²) in [5.74, 6) is 0.434. The van der Waals surface area contributed by atoms with Crippen molar-refractivity contribution in [3.63, 3.8) is 0 Å². The summed E-state index contributed by atoms with van der Waals surface area (Å²) < 4.78 is 0. The molecule has 1 aliphatic carbocycles. The second-order valence-corrected chi connectivity index (χ2v) is 3.76. The predicted molar refractivity (Wildman–Crippen MR) is 42.9 cm³/mol. The van der Waals surface area contributed by atoms with Gasteiger partial charge in [-0.3, -0.25) is 10.9 Å². The molecule has 4 unspecified atom stereocenters. The highest BCUT2D eigenvalue weighted by Crippen LogP contribution is 2.29. The van der Waals surface area contributed by atoms with Crippen LogP contribution < -0.4 is 10.9 Å². The number of nitrogens with one attached hydrogen (secondary N) is 2. The molecule has 0 aromatic heterocycles. The molecule has 0 spiro atoms. The number of hydrazine groups is 1. The molecular weight excluding hydrogens is 140 g/mol. The van der Waals surface area contributed by atoms with E-state index >= 15 is 0 Å². The van der Waals surface area contributed by atoms with Crippen molar-refractivity contribution >= 4 is 0 Å². The first kappa shape index (κ1) is 7.53. The zero-order chi connectivity index (χ0) is 7.84. The van der Waals surface area contributed by atoms with Crippen molar-refractivity contribution in [2.24, 2.45) is 5.92 Å². The number of hydrogen-bond acceptors (Lipinski definition) is 3. The average Bonchev–Trinajstić information content (AvgIpc) is 2.34. The van der Waals surface area contributed by atoms with Crippen molar-refractivity contribution in [3.8, 4) is 0 Å². The largest absolute Gasteiger partial charge is 0.393 e. The number of aliphatic hydroxyl groups is 1. The molecule has 0 amide bonds. The molecule has 2 fully saturated rings. The number of hydrogen-bond donors (Lipinski definition) is 3. The Morgan fingerprint density at radius 2 is 2.09 bits per heavy atom. The van der Waals surface area contributed by atoms with Crippen LogP contribution in [-0.4, -0.2) is 23.3 Å². The van der Waals surface area contributed by atoms with Crippen LogP contribution in [0, 0.1) is 5.92 Å². The topological polar surface area (TPSA) is 44.3 Å². The van der Waals surface area contributed by atoms with Crippen LogP contribution in [0.2, 0.25) is 0 Å². The molecular formula is C8H16N2O. The maximum atomic E-state index is 9.67. The van der Waals surface area contributed by atoms with Crippen molar-refractivity contribution in [2.45, 2.75) is 44.4 Å². The van der Waals surface area contributed by atoms with Crippen LogP contribution in [0.15, 0.2) is 0 Å². The van der Waals surface area contributed by atoms with Crippen LogP contribution in [0.3, 0.4) is 0 Å². The minimum absolute atomic E-state index is 0.0914. The maximum absolute atomic E-state index is 9.67. The monoisotopic (exact) mass is 156 g/mol. The quantitative estimate of drug-likeness (QED) is 0.463. The molecule has 3 nitrogen and oxygen atoms in total. The highest BCUT2D eigenvalue weighted by molar-refractivity contribution is 4.95. The van der Waals surface area contributed by atoms with E-state index in [0.717, 1.165) is 12.8 Å². The van der Waals surface area contributed by atoms with Crippen LogP contribution in [-0.2, 0) is 0 Å². The van der Waals surface area contributed by atoms with Gasteiger partial charge in [-0.05, 0) is 26.2 Å². The van der Waals surface area contributed by atoms with E-state index in [1.54, 1.807) is 0 Å². The zero-order valence-electron chi connectivity index (χ0n) is 6.88. The fraction of sp³-hybridized carbons (Fsp3) is 1.00. The third kappa shape index (κ3) is 1.17. The summed E-state index contributed by atoms with van der Waals surface area (Å²) in [6.07, 6.45) is 3.25. The van der Waals surface area contributed by atoms with Crippen molar-refractivity contribution in [1.82, 2.24) is 10.9 Å². The lowest BCUT2D eigenvalue weighted by Gasteiger charge is -2.30. The van der Waals surface area contributed by atoms with Crippen LogP contribution in [0.4, 0.5) is 0 Å². The summed E-state index contributed by atoms with van der Waals surface area (Å²) in [5, 5.41) is 9.67. The summed E-state index contributed by atoms with van der Waals surface area (Å²) in [5.41, 5.74) is 6.41. The van der Waals surface area contributed by atoms with Crippen molar-refractivity contribution in [3.05, 3.63) is 0 Å². The predicted octanol–water partition coefficient (Wildman–Crippen LogP) is 0.0123. The van der Waals surface area contributed by atoms with E-state index in [1.165, 1.54) is 6.42 Å². The molecule has 3 N–H and O–H groups in total. The van der Waals surface area contributed by atoms with Gasteiger partial charge in [0.25, 0.3) is 0 Å². The van der Waals surface area contributed by atoms with Crippen molar-refractivity contribution in [1.29, 1.82) is 0 Å². The average molecular weight is 156 g/mol. The van der Waals surface area contributed by atoms with Gasteiger partial charge < -0.3 is 5.11 Å². The molecule has 0 aromatic carbocycles. The van der Waals surface area contributed by atoms with Gasteiger partial charge >= 0.3 is 0 Å². The fourth-order valence-electron chi connectivity index (χ4n) is 2.38. The third-order valence-electron chi connectivity index (χ3n) is 3.00. The molecule has 2 rings (SSSR count). The maximum Gasteiger partial charge on any atom is 0.0599 e. The summed E-state index contributed by atoms with van der Waals surface area (Å²) in [6, 6.07) is 0.934. The molecule has 4 atom stereocenters. The van der Waals surface area contributed by atoms with E-state index in [2.05, 4.69) is 17.8 Å². The van der Waals surface area contributed by atoms with E-state index < -0.39 is 0 Å². The number of aliphatic hydroxyl groups excluding tert-OH is 1. The summed E-state index contributed by atoms with van der Waals surface area (Å²) >= 11 is 0. The normalized spacial score (nSPS) is 50.7. The van der Waals surface area contributed by atoms with E-state index in [0.29, 0.717) is 18.0 Å². The smallest absolute Gasteiger partial charge is 0.0599 e. The lowest BCUT2D eigenvalue weighted by atomic mass is 9.80. The number of rotatable bonds is 0. The summed E-state index contributed by atoms with van der Waals surface area (Å²) in [4.78, 5) is 0. The second kappa shape index (κ2) is 2.73. The lowest BCUT2D eigenvalue weighted by Crippen LogP contribution is -2.40. The van der Waals surface area contributed by atoms with Gasteiger partial charge in [-0.15, -0.1) is 0 Å². The molecule has 2 aliphatic rings. The fourth-order valence-corrected chi connectivity index (χ4v) is 2.38. The van der Waals surface area contributed by atoms with E-state index in [9.17, 15) is 5.11 Å². The first-order valence-electron chi connectivity index (χ1n) is 4.48. The van der Waals surface area contributed by atoms with Crippen LogP contribution in [0.5, 0.6) is 0 Å². The van der Waals surface area contributed by atoms with Crippen molar-refractivity contribution in [2.75, 3.05) is 0 Å². The third-order valence-corrected chi connectivity index (χ3v) is 3.00. The second-order valence-electron chi connectivity index (χ2n) is 3.76. The molecule has 0 bridgehead atoms. The molecule has 0 aromatic rings. The Balaban J connectivity index is 2.08. The molecule has 3 heteroatoms. The van der Waals surface area contributed by atoms with Gasteiger partial charge in [-0.1, -0.05) is 0 Å². The molecule has 1 saturated carbocycles. The Kier molecular flexibility index (Phi) is 1.87. The lowest BCUT2D eigenvalue weighted by molar-refractivity contribution is 0.0593. The Bertz CT molecular complexity index is 149. The van der Waals surface area contributed by atoms with E-state index in [4.69, 9.17) is 0 Å². The van der Waals surface area contributed by atoms with Gasteiger partial charge in [-0.25, -0.2) is 0 Å². The Labute approximate surface area is 67.1 Å². The van der Waals surface area contributed by atoms with E-state index in [1.807, 2.05) is 0 Å². The van der Waals surface area contributed by atoms with Gasteiger partial charge in [-0.2, -0.15) is 0 Å². The van der Waals surface area contributed by atoms with Gasteiger partial charge in [0.1, 0.15) is 0 Å². The van der Waals surface area contributed by atoms with Crippen LogP contribution >= 0.6 is 0 Å². The first-order chi connectivity index (χ1) is 5.29. The highest BCUT2D eigenvalue weighted by Gasteiger charge is 2.39. The number of fused-ring (bicyclic) bond motifs is 1. The SMILES string of the molecule is CC1NNC2CCCC(O)C12. The van der Waals surface area contributed by atoms with Gasteiger partial charge in [0, 0.05) is 18.0 Å². The molecule has 11 heavy (non-hydrogen) atoms. The summed E-state index contributed by atoms with van der Waals surface area (Å²) in [6.45, 7) is 2.13. The molecule has 1 saturated heterocycles. The Morgan fingerprint density at radius 1 is 1.27 bits per heavy atom. The van der Waals surface area contributed by atoms with Crippen molar-refractivity contribution < 1.29 is 5.11 Å². The van der Waals surface area contributed by atoms with Crippen LogP contribution in [0.25, 0.3) is 0 Å².